The summed E-state index contributed by atoms with van der Waals surface area (Å²) in [6, 6.07) is 73.4. The van der Waals surface area contributed by atoms with Crippen LogP contribution in [0.15, 0.2) is 229 Å². The number of fused-ring (bicyclic) bond motifs is 12. The summed E-state index contributed by atoms with van der Waals surface area (Å²) in [4.78, 5) is 2.50. The number of rotatable bonds is 5. The molecule has 0 spiro atoms. The molecule has 1 aliphatic carbocycles. The average Bonchev–Trinajstić information content (AvgIpc) is 4.10. The third-order valence-electron chi connectivity index (χ3n) is 13.8. The number of aromatic nitrogens is 2. The number of hydrogen-bond donors (Lipinski definition) is 0. The minimum absolute atomic E-state index is 0.242. The van der Waals surface area contributed by atoms with Gasteiger partial charge in [-0.05, 0) is 119 Å². The van der Waals surface area contributed by atoms with Crippen LogP contribution in [0.1, 0.15) is 11.5 Å². The second-order valence-corrected chi connectivity index (χ2v) is 17.2. The molecule has 1 aliphatic heterocycles. The Morgan fingerprint density at radius 3 is 1.64 bits per heavy atom. The molecule has 4 heterocycles. The first-order chi connectivity index (χ1) is 31.7. The topological polar surface area (TPSA) is 26.2 Å². The molecule has 0 N–H and O–H groups in total. The van der Waals surface area contributed by atoms with Crippen LogP contribution in [-0.2, 0) is 0 Å². The van der Waals surface area contributed by atoms with Crippen LogP contribution >= 0.6 is 0 Å². The molecule has 2 unspecified atom stereocenters. The van der Waals surface area contributed by atoms with E-state index < -0.39 is 0 Å². The molecule has 64 heavy (non-hydrogen) atoms. The molecule has 2 aliphatic rings. The number of benzene rings is 9. The van der Waals surface area contributed by atoms with Crippen molar-refractivity contribution in [2.45, 2.75) is 12.0 Å². The van der Waals surface area contributed by atoms with Gasteiger partial charge in [-0.3, -0.25) is 0 Å². The maximum atomic E-state index is 6.69. The highest BCUT2D eigenvalue weighted by Gasteiger charge is 2.37. The molecule has 3 aromatic heterocycles. The smallest absolute Gasteiger partial charge is 0.159 e. The Morgan fingerprint density at radius 1 is 0.359 bits per heavy atom. The minimum Gasteiger partial charge on any atom is -0.454 e. The Kier molecular flexibility index (Phi) is 7.48. The molecule has 0 amide bonds. The molecule has 0 fully saturated rings. The van der Waals surface area contributed by atoms with Crippen molar-refractivity contribution >= 4 is 76.9 Å². The van der Waals surface area contributed by atoms with Crippen LogP contribution in [0.2, 0.25) is 0 Å². The first-order valence-electron chi connectivity index (χ1n) is 22.2. The van der Waals surface area contributed by atoms with Gasteiger partial charge in [-0.2, -0.15) is 0 Å². The molecule has 0 bridgehead atoms. The third-order valence-corrected chi connectivity index (χ3v) is 13.8. The van der Waals surface area contributed by atoms with Crippen molar-refractivity contribution < 1.29 is 4.42 Å². The maximum Gasteiger partial charge on any atom is 0.159 e. The molecule has 0 radical (unpaired) electrons. The Balaban J connectivity index is 0.974. The van der Waals surface area contributed by atoms with Gasteiger partial charge in [0, 0.05) is 55.3 Å². The van der Waals surface area contributed by atoms with Crippen molar-refractivity contribution in [2.24, 2.45) is 0 Å². The average molecular weight is 818 g/mol. The van der Waals surface area contributed by atoms with Gasteiger partial charge in [-0.15, -0.1) is 0 Å². The summed E-state index contributed by atoms with van der Waals surface area (Å²) in [6.07, 6.45) is 9.10. The highest BCUT2D eigenvalue weighted by atomic mass is 16.3. The van der Waals surface area contributed by atoms with Crippen LogP contribution in [0.25, 0.3) is 99.2 Å². The number of allylic oxidation sites excluding steroid dienone is 2. The molecule has 0 saturated heterocycles. The number of nitrogens with zero attached hydrogens (tertiary/aromatic N) is 3. The fraction of sp³-hybridized carbons (Fsp3) is 0.0333. The minimum atomic E-state index is 0.242. The molecule has 0 saturated carbocycles. The predicted octanol–water partition coefficient (Wildman–Crippen LogP) is 15.8. The van der Waals surface area contributed by atoms with E-state index in [4.69, 9.17) is 4.42 Å². The number of anilines is 2. The van der Waals surface area contributed by atoms with Gasteiger partial charge in [0.25, 0.3) is 0 Å². The second kappa shape index (κ2) is 13.6. The fourth-order valence-corrected chi connectivity index (χ4v) is 11.0. The lowest BCUT2D eigenvalue weighted by atomic mass is 9.89. The summed E-state index contributed by atoms with van der Waals surface area (Å²) in [5.41, 5.74) is 17.3. The van der Waals surface area contributed by atoms with Crippen molar-refractivity contribution in [3.05, 3.63) is 230 Å². The summed E-state index contributed by atoms with van der Waals surface area (Å²) in [5.74, 6) is 0.275. The predicted molar refractivity (Wildman–Crippen MR) is 267 cm³/mol. The van der Waals surface area contributed by atoms with Gasteiger partial charge in [0.1, 0.15) is 5.58 Å². The molecule has 4 nitrogen and oxygen atoms in total. The Bertz CT molecular complexity index is 3920. The molecular weight excluding hydrogens is 779 g/mol. The summed E-state index contributed by atoms with van der Waals surface area (Å²) in [5, 5.41) is 7.14. The lowest BCUT2D eigenvalue weighted by Gasteiger charge is -2.28. The summed E-state index contributed by atoms with van der Waals surface area (Å²) in [6.45, 7) is 0. The normalized spacial score (nSPS) is 15.7. The van der Waals surface area contributed by atoms with Gasteiger partial charge in [0.2, 0.25) is 0 Å². The van der Waals surface area contributed by atoms with Crippen LogP contribution in [-0.4, -0.2) is 15.2 Å². The van der Waals surface area contributed by atoms with E-state index in [1.165, 1.54) is 71.8 Å². The van der Waals surface area contributed by atoms with E-state index in [-0.39, 0.29) is 12.0 Å². The van der Waals surface area contributed by atoms with Crippen LogP contribution in [0, 0.1) is 0 Å². The van der Waals surface area contributed by atoms with Gasteiger partial charge in [0.05, 0.1) is 33.8 Å². The van der Waals surface area contributed by atoms with E-state index in [1.807, 2.05) is 6.07 Å². The summed E-state index contributed by atoms with van der Waals surface area (Å²) >= 11 is 0. The van der Waals surface area contributed by atoms with Crippen LogP contribution < -0.4 is 4.90 Å². The Labute approximate surface area is 369 Å². The van der Waals surface area contributed by atoms with Gasteiger partial charge in [-0.25, -0.2) is 0 Å². The lowest BCUT2D eigenvalue weighted by Crippen LogP contribution is -2.28. The zero-order chi connectivity index (χ0) is 41.9. The van der Waals surface area contributed by atoms with E-state index in [0.717, 1.165) is 44.3 Å². The van der Waals surface area contributed by atoms with Crippen molar-refractivity contribution in [1.82, 2.24) is 9.13 Å². The van der Waals surface area contributed by atoms with E-state index in [2.05, 4.69) is 232 Å². The molecular formula is C60H39N3O. The van der Waals surface area contributed by atoms with Crippen LogP contribution in [0.4, 0.5) is 11.4 Å². The second-order valence-electron chi connectivity index (χ2n) is 17.2. The number of para-hydroxylation sites is 5. The number of hydrogen-bond acceptors (Lipinski definition) is 2. The van der Waals surface area contributed by atoms with E-state index in [0.29, 0.717) is 0 Å². The molecule has 14 rings (SSSR count). The summed E-state index contributed by atoms with van der Waals surface area (Å²) in [7, 11) is 0. The van der Waals surface area contributed by atoms with Gasteiger partial charge in [0.15, 0.2) is 5.58 Å². The quantitative estimate of drug-likeness (QED) is 0.173. The SMILES string of the molecule is C1=CC2c3cc(-c4ccc5c(c4)c4cc(-c6ccc7c(c6)c6ccccc6n7-c6ccccc6)ccc4n5-c4cccc5c4oc4ccccc45)ccc3N(c3ccccc3)C2C=C1. The highest BCUT2D eigenvalue weighted by Crippen LogP contribution is 2.49. The lowest BCUT2D eigenvalue weighted by molar-refractivity contribution is 0.666. The zero-order valence-corrected chi connectivity index (χ0v) is 34.8. The first-order valence-corrected chi connectivity index (χ1v) is 22.2. The largest absolute Gasteiger partial charge is 0.454 e. The molecule has 9 aromatic carbocycles. The monoisotopic (exact) mass is 817 g/mol. The van der Waals surface area contributed by atoms with E-state index in [9.17, 15) is 0 Å². The standard InChI is InChI=1S/C60H39N3O/c1-3-14-42(15-4-1)61-52-22-10-7-18-44(52)48-34-38(26-30-54(48)61)40-28-32-56-50(36-40)51-37-41(29-33-57(51)63(56)58-24-13-21-47-46-20-9-12-25-59(46)64-60(47)58)39-27-31-55-49(35-39)45-19-8-11-23-53(45)62(55)43-16-5-2-6-17-43/h1-37,44,52H. The van der Waals surface area contributed by atoms with E-state index in [1.54, 1.807) is 0 Å². The van der Waals surface area contributed by atoms with Crippen LogP contribution in [0.3, 0.4) is 0 Å². The summed E-state index contributed by atoms with van der Waals surface area (Å²) < 4.78 is 11.5. The molecule has 300 valence electrons. The first kappa shape index (κ1) is 35.3. The third kappa shape index (κ3) is 5.11. The molecule has 12 aromatic rings. The highest BCUT2D eigenvalue weighted by molar-refractivity contribution is 6.15. The molecule has 2 atom stereocenters. The Morgan fingerprint density at radius 2 is 0.906 bits per heavy atom. The van der Waals surface area contributed by atoms with Crippen molar-refractivity contribution in [1.29, 1.82) is 0 Å². The van der Waals surface area contributed by atoms with Crippen molar-refractivity contribution in [2.75, 3.05) is 4.90 Å². The van der Waals surface area contributed by atoms with Crippen molar-refractivity contribution in [3.8, 4) is 33.6 Å². The van der Waals surface area contributed by atoms with Gasteiger partial charge in [-0.1, -0.05) is 133 Å². The number of furan rings is 1. The zero-order valence-electron chi connectivity index (χ0n) is 34.8. The van der Waals surface area contributed by atoms with Crippen LogP contribution in [0.5, 0.6) is 0 Å². The fourth-order valence-electron chi connectivity index (χ4n) is 11.0. The van der Waals surface area contributed by atoms with E-state index >= 15 is 0 Å². The maximum absolute atomic E-state index is 6.69. The Hall–Kier alpha value is -8.34. The van der Waals surface area contributed by atoms with Gasteiger partial charge >= 0.3 is 0 Å². The molecule has 4 heteroatoms. The van der Waals surface area contributed by atoms with Gasteiger partial charge < -0.3 is 18.5 Å². The van der Waals surface area contributed by atoms with Crippen molar-refractivity contribution in [3.63, 3.8) is 0 Å².